The molecule has 2 aromatic carbocycles. The summed E-state index contributed by atoms with van der Waals surface area (Å²) in [6, 6.07) is 16.3. The summed E-state index contributed by atoms with van der Waals surface area (Å²) in [4.78, 5) is 12.1. The van der Waals surface area contributed by atoms with Gasteiger partial charge in [-0.15, -0.1) is 11.3 Å². The van der Waals surface area contributed by atoms with Crippen LogP contribution in [0.25, 0.3) is 43.6 Å². The van der Waals surface area contributed by atoms with Crippen LogP contribution >= 0.6 is 11.3 Å². The fraction of sp³-hybridized carbons (Fsp3) is 0.115. The van der Waals surface area contributed by atoms with Crippen LogP contribution in [0.4, 0.5) is 0 Å². The molecular formula is C26H22N6OS. The highest BCUT2D eigenvalue weighted by molar-refractivity contribution is 7.13. The standard InChI is InChI=1S/C26H22N6OS/c27-19(9-18-13-30-23-4-2-1-3-21(18)23)15-33-20-10-17(12-28-14-20)16-5-6-24-22(11-16)25(32-31-24)26-29-7-8-34-26/h1-8,10-14,19,30H,9,15,27H2,(H,31,32)/t19-/m0/s1. The number of pyridine rings is 1. The van der Waals surface area contributed by atoms with Gasteiger partial charge >= 0.3 is 0 Å². The summed E-state index contributed by atoms with van der Waals surface area (Å²) in [6.07, 6.45) is 8.10. The Morgan fingerprint density at radius 2 is 1.94 bits per heavy atom. The van der Waals surface area contributed by atoms with Crippen LogP contribution in [0.15, 0.2) is 78.7 Å². The summed E-state index contributed by atoms with van der Waals surface area (Å²) in [5, 5.41) is 12.6. The molecule has 0 saturated heterocycles. The Hall–Kier alpha value is -4.01. The third kappa shape index (κ3) is 3.93. The third-order valence-electron chi connectivity index (χ3n) is 5.87. The number of nitrogens with zero attached hydrogens (tertiary/aromatic N) is 3. The molecule has 0 aliphatic carbocycles. The highest BCUT2D eigenvalue weighted by Crippen LogP contribution is 2.32. The predicted molar refractivity (Wildman–Crippen MR) is 136 cm³/mol. The van der Waals surface area contributed by atoms with E-state index in [0.29, 0.717) is 12.4 Å². The SMILES string of the molecule is N[C@H](COc1cncc(-c2ccc3[nH]nc(-c4nccs4)c3c2)c1)Cc1c[nH]c2ccccc12. The van der Waals surface area contributed by atoms with Crippen molar-refractivity contribution in [2.24, 2.45) is 5.73 Å². The van der Waals surface area contributed by atoms with Crippen molar-refractivity contribution in [1.82, 2.24) is 25.1 Å². The van der Waals surface area contributed by atoms with Crippen LogP contribution in [0.3, 0.4) is 0 Å². The van der Waals surface area contributed by atoms with E-state index < -0.39 is 0 Å². The number of benzene rings is 2. The zero-order valence-corrected chi connectivity index (χ0v) is 19.0. The number of hydrogen-bond acceptors (Lipinski definition) is 6. The largest absolute Gasteiger partial charge is 0.490 e. The molecule has 168 valence electrons. The molecule has 0 fully saturated rings. The van der Waals surface area contributed by atoms with Crippen molar-refractivity contribution >= 4 is 33.1 Å². The van der Waals surface area contributed by atoms with Gasteiger partial charge in [-0.3, -0.25) is 10.1 Å². The van der Waals surface area contributed by atoms with Crippen molar-refractivity contribution in [3.05, 3.63) is 84.3 Å². The molecule has 0 spiro atoms. The number of para-hydroxylation sites is 1. The Labute approximate surface area is 199 Å². The Kier molecular flexibility index (Phi) is 5.29. The van der Waals surface area contributed by atoms with Gasteiger partial charge in [0.25, 0.3) is 0 Å². The van der Waals surface area contributed by atoms with Gasteiger partial charge in [0.2, 0.25) is 0 Å². The molecule has 0 saturated carbocycles. The Bertz CT molecular complexity index is 1570. The maximum Gasteiger partial charge on any atom is 0.144 e. The summed E-state index contributed by atoms with van der Waals surface area (Å²) < 4.78 is 6.02. The molecule has 0 unspecified atom stereocenters. The van der Waals surface area contributed by atoms with Gasteiger partial charge in [0.1, 0.15) is 23.1 Å². The molecule has 34 heavy (non-hydrogen) atoms. The first-order valence-corrected chi connectivity index (χ1v) is 11.9. The molecule has 0 amide bonds. The quantitative estimate of drug-likeness (QED) is 0.301. The molecule has 4 heterocycles. The highest BCUT2D eigenvalue weighted by atomic mass is 32.1. The minimum Gasteiger partial charge on any atom is -0.490 e. The van der Waals surface area contributed by atoms with E-state index in [2.05, 4.69) is 49.4 Å². The van der Waals surface area contributed by atoms with Crippen LogP contribution in [0, 0.1) is 0 Å². The first kappa shape index (κ1) is 20.6. The maximum atomic E-state index is 6.39. The van der Waals surface area contributed by atoms with Crippen LogP contribution < -0.4 is 10.5 Å². The molecule has 6 rings (SSSR count). The number of nitrogens with one attached hydrogen (secondary N) is 2. The van der Waals surface area contributed by atoms with Crippen molar-refractivity contribution in [3.63, 3.8) is 0 Å². The van der Waals surface area contributed by atoms with Gasteiger partial charge in [-0.1, -0.05) is 24.3 Å². The second kappa shape index (κ2) is 8.74. The first-order valence-electron chi connectivity index (χ1n) is 11.0. The van der Waals surface area contributed by atoms with Crippen molar-refractivity contribution in [2.45, 2.75) is 12.5 Å². The topological polar surface area (TPSA) is 106 Å². The minimum absolute atomic E-state index is 0.133. The maximum absolute atomic E-state index is 6.39. The lowest BCUT2D eigenvalue weighted by atomic mass is 10.0. The van der Waals surface area contributed by atoms with Crippen molar-refractivity contribution in [2.75, 3.05) is 6.61 Å². The molecule has 0 bridgehead atoms. The van der Waals surface area contributed by atoms with Gasteiger partial charge in [0, 0.05) is 51.9 Å². The monoisotopic (exact) mass is 466 g/mol. The van der Waals surface area contributed by atoms with E-state index in [4.69, 9.17) is 10.5 Å². The average molecular weight is 467 g/mol. The zero-order chi connectivity index (χ0) is 22.9. The number of thiazole rings is 1. The number of rotatable bonds is 7. The van der Waals surface area contributed by atoms with Gasteiger partial charge in [-0.2, -0.15) is 5.10 Å². The molecule has 6 aromatic rings. The van der Waals surface area contributed by atoms with Crippen LogP contribution in [0.1, 0.15) is 5.56 Å². The fourth-order valence-electron chi connectivity index (χ4n) is 4.20. The van der Waals surface area contributed by atoms with Gasteiger partial charge in [0.15, 0.2) is 0 Å². The van der Waals surface area contributed by atoms with Crippen LogP contribution in [-0.4, -0.2) is 37.8 Å². The molecule has 0 aliphatic rings. The van der Waals surface area contributed by atoms with Gasteiger partial charge in [-0.25, -0.2) is 4.98 Å². The lowest BCUT2D eigenvalue weighted by molar-refractivity contribution is 0.287. The van der Waals surface area contributed by atoms with E-state index in [-0.39, 0.29) is 6.04 Å². The zero-order valence-electron chi connectivity index (χ0n) is 18.2. The molecular weight excluding hydrogens is 444 g/mol. The molecule has 0 radical (unpaired) electrons. The number of fused-ring (bicyclic) bond motifs is 2. The van der Waals surface area contributed by atoms with E-state index >= 15 is 0 Å². The van der Waals surface area contributed by atoms with E-state index in [1.54, 1.807) is 23.7 Å². The molecule has 4 aromatic heterocycles. The number of aromatic nitrogens is 5. The van der Waals surface area contributed by atoms with Gasteiger partial charge in [-0.05, 0) is 41.8 Å². The number of H-pyrrole nitrogens is 2. The molecule has 8 heteroatoms. The van der Waals surface area contributed by atoms with Gasteiger partial charge < -0.3 is 15.5 Å². The van der Waals surface area contributed by atoms with Crippen molar-refractivity contribution in [1.29, 1.82) is 0 Å². The third-order valence-corrected chi connectivity index (χ3v) is 6.65. The lowest BCUT2D eigenvalue weighted by Crippen LogP contribution is -2.30. The second-order valence-corrected chi connectivity index (χ2v) is 9.11. The van der Waals surface area contributed by atoms with Crippen LogP contribution in [0.2, 0.25) is 0 Å². The molecule has 0 aliphatic heterocycles. The van der Waals surface area contributed by atoms with E-state index in [0.717, 1.165) is 44.7 Å². The van der Waals surface area contributed by atoms with E-state index in [1.807, 2.05) is 42.0 Å². The van der Waals surface area contributed by atoms with Crippen LogP contribution in [-0.2, 0) is 6.42 Å². The number of aromatic amines is 2. The summed E-state index contributed by atoms with van der Waals surface area (Å²) in [7, 11) is 0. The summed E-state index contributed by atoms with van der Waals surface area (Å²) >= 11 is 1.57. The number of nitrogens with two attached hydrogens (primary N) is 1. The number of hydrogen-bond donors (Lipinski definition) is 3. The van der Waals surface area contributed by atoms with Crippen molar-refractivity contribution < 1.29 is 4.74 Å². The Balaban J connectivity index is 1.19. The number of ether oxygens (including phenoxy) is 1. The average Bonchev–Trinajstić information content (AvgIpc) is 3.63. The van der Waals surface area contributed by atoms with E-state index in [9.17, 15) is 0 Å². The summed E-state index contributed by atoms with van der Waals surface area (Å²) in [5.74, 6) is 0.694. The summed E-state index contributed by atoms with van der Waals surface area (Å²) in [6.45, 7) is 0.402. The molecule has 4 N–H and O–H groups in total. The van der Waals surface area contributed by atoms with Crippen molar-refractivity contribution in [3.8, 4) is 27.6 Å². The fourth-order valence-corrected chi connectivity index (χ4v) is 4.84. The summed E-state index contributed by atoms with van der Waals surface area (Å²) in [5.41, 5.74) is 12.5. The predicted octanol–water partition coefficient (Wildman–Crippen LogP) is 5.18. The minimum atomic E-state index is -0.133. The molecule has 7 nitrogen and oxygen atoms in total. The normalized spacial score (nSPS) is 12.4. The van der Waals surface area contributed by atoms with Crippen LogP contribution in [0.5, 0.6) is 5.75 Å². The first-order chi connectivity index (χ1) is 16.7. The Morgan fingerprint density at radius 3 is 2.85 bits per heavy atom. The molecule has 1 atom stereocenters. The lowest BCUT2D eigenvalue weighted by Gasteiger charge is -2.13. The highest BCUT2D eigenvalue weighted by Gasteiger charge is 2.13. The van der Waals surface area contributed by atoms with E-state index in [1.165, 1.54) is 10.9 Å². The van der Waals surface area contributed by atoms with Gasteiger partial charge in [0.05, 0.1) is 11.7 Å². The Morgan fingerprint density at radius 1 is 1.00 bits per heavy atom. The smallest absolute Gasteiger partial charge is 0.144 e. The second-order valence-electron chi connectivity index (χ2n) is 8.21.